The standard InChI is InChI=1S/C20H19ClFN7O/c21-14-9-23-19(24-10-14)25-12-20-4-3-13(8-20)11-28(20)18(30)16-7-15(22)1-2-17(16)29-26-5-6-27-29/h1-2,5-7,9-10,13H,3-4,8,11-12H2,(H,23,24,25). The maximum Gasteiger partial charge on any atom is 0.256 e. The SMILES string of the molecule is O=C(c1cc(F)ccc1-n1nccn1)N1CC2CCC1(CNc1ncc(Cl)cn1)C2. The van der Waals surface area contributed by atoms with Crippen LogP contribution < -0.4 is 5.32 Å². The van der Waals surface area contributed by atoms with Crippen molar-refractivity contribution in [1.82, 2.24) is 29.9 Å². The molecule has 2 unspecified atom stereocenters. The number of halogens is 2. The maximum atomic E-state index is 14.1. The molecule has 3 heterocycles. The second-order valence-corrected chi connectivity index (χ2v) is 8.24. The van der Waals surface area contributed by atoms with Crippen molar-refractivity contribution >= 4 is 23.5 Å². The molecule has 1 saturated carbocycles. The van der Waals surface area contributed by atoms with Gasteiger partial charge in [0.1, 0.15) is 5.82 Å². The zero-order valence-corrected chi connectivity index (χ0v) is 16.8. The number of anilines is 1. The molecule has 0 radical (unpaired) electrons. The highest BCUT2D eigenvalue weighted by atomic mass is 35.5. The quantitative estimate of drug-likeness (QED) is 0.673. The van der Waals surface area contributed by atoms with Gasteiger partial charge in [0.25, 0.3) is 5.91 Å². The number of aromatic nitrogens is 5. The lowest BCUT2D eigenvalue weighted by Crippen LogP contribution is -2.52. The molecule has 2 fully saturated rings. The van der Waals surface area contributed by atoms with Crippen LogP contribution in [0.3, 0.4) is 0 Å². The van der Waals surface area contributed by atoms with Gasteiger partial charge in [-0.25, -0.2) is 14.4 Å². The number of piperidine rings is 1. The Hall–Kier alpha value is -3.07. The minimum Gasteiger partial charge on any atom is -0.352 e. The van der Waals surface area contributed by atoms with E-state index in [4.69, 9.17) is 11.6 Å². The Kier molecular flexibility index (Phi) is 4.62. The van der Waals surface area contributed by atoms with Crippen molar-refractivity contribution in [3.05, 3.63) is 59.4 Å². The van der Waals surface area contributed by atoms with Gasteiger partial charge in [-0.1, -0.05) is 11.6 Å². The molecule has 3 aromatic rings. The summed E-state index contributed by atoms with van der Waals surface area (Å²) in [6, 6.07) is 4.10. The number of likely N-dealkylation sites (tertiary alicyclic amines) is 1. The van der Waals surface area contributed by atoms with Crippen molar-refractivity contribution in [2.24, 2.45) is 5.92 Å². The predicted molar refractivity (Wildman–Crippen MR) is 108 cm³/mol. The Labute approximate surface area is 177 Å². The number of benzene rings is 1. The number of nitrogens with one attached hydrogen (secondary N) is 1. The van der Waals surface area contributed by atoms with E-state index in [0.29, 0.717) is 35.7 Å². The Bertz CT molecular complexity index is 1080. The topological polar surface area (TPSA) is 88.8 Å². The fourth-order valence-electron chi connectivity index (χ4n) is 4.61. The van der Waals surface area contributed by atoms with Crippen LogP contribution in [0.1, 0.15) is 29.6 Å². The summed E-state index contributed by atoms with van der Waals surface area (Å²) >= 11 is 5.85. The molecule has 1 aliphatic carbocycles. The summed E-state index contributed by atoms with van der Waals surface area (Å²) in [7, 11) is 0. The summed E-state index contributed by atoms with van der Waals surface area (Å²) in [5, 5.41) is 11.9. The molecule has 2 aliphatic rings. The summed E-state index contributed by atoms with van der Waals surface area (Å²) in [6.45, 7) is 1.16. The van der Waals surface area contributed by atoms with E-state index in [1.165, 1.54) is 47.8 Å². The van der Waals surface area contributed by atoms with E-state index in [9.17, 15) is 9.18 Å². The first-order chi connectivity index (χ1) is 14.5. The molecular weight excluding hydrogens is 409 g/mol. The lowest BCUT2D eigenvalue weighted by molar-refractivity contribution is 0.0566. The maximum absolute atomic E-state index is 14.1. The average molecular weight is 428 g/mol. The van der Waals surface area contributed by atoms with E-state index in [1.807, 2.05) is 4.90 Å². The number of hydrogen-bond donors (Lipinski definition) is 1. The largest absolute Gasteiger partial charge is 0.352 e. The first-order valence-corrected chi connectivity index (χ1v) is 10.1. The van der Waals surface area contributed by atoms with Crippen LogP contribution in [0.2, 0.25) is 5.02 Å². The van der Waals surface area contributed by atoms with Crippen molar-refractivity contribution in [3.63, 3.8) is 0 Å². The van der Waals surface area contributed by atoms with Crippen LogP contribution in [0.25, 0.3) is 5.69 Å². The highest BCUT2D eigenvalue weighted by Gasteiger charge is 2.52. The van der Waals surface area contributed by atoms with E-state index in [-0.39, 0.29) is 17.0 Å². The Morgan fingerprint density at radius 3 is 2.77 bits per heavy atom. The summed E-state index contributed by atoms with van der Waals surface area (Å²) < 4.78 is 14.1. The van der Waals surface area contributed by atoms with Crippen molar-refractivity contribution < 1.29 is 9.18 Å². The molecule has 1 saturated heterocycles. The number of carbonyl (C=O) groups is 1. The van der Waals surface area contributed by atoms with Gasteiger partial charge in [-0.2, -0.15) is 15.0 Å². The van der Waals surface area contributed by atoms with Crippen LogP contribution in [0.15, 0.2) is 43.0 Å². The van der Waals surface area contributed by atoms with Crippen LogP contribution in [-0.4, -0.2) is 54.4 Å². The van der Waals surface area contributed by atoms with Gasteiger partial charge in [-0.3, -0.25) is 4.79 Å². The predicted octanol–water partition coefficient (Wildman–Crippen LogP) is 2.96. The van der Waals surface area contributed by atoms with Gasteiger partial charge in [0.2, 0.25) is 5.95 Å². The Morgan fingerprint density at radius 2 is 2.03 bits per heavy atom. The molecule has 2 bridgehead atoms. The lowest BCUT2D eigenvalue weighted by Gasteiger charge is -2.39. The second-order valence-electron chi connectivity index (χ2n) is 7.81. The minimum atomic E-state index is -0.472. The third-order valence-corrected chi connectivity index (χ3v) is 6.16. The van der Waals surface area contributed by atoms with Crippen LogP contribution in [0.5, 0.6) is 0 Å². The molecule has 1 aliphatic heterocycles. The number of fused-ring (bicyclic) bond motifs is 2. The zero-order valence-electron chi connectivity index (χ0n) is 16.0. The van der Waals surface area contributed by atoms with E-state index >= 15 is 0 Å². The van der Waals surface area contributed by atoms with E-state index in [1.54, 1.807) is 0 Å². The van der Waals surface area contributed by atoms with Crippen LogP contribution in [-0.2, 0) is 0 Å². The fourth-order valence-corrected chi connectivity index (χ4v) is 4.71. The lowest BCUT2D eigenvalue weighted by atomic mass is 9.95. The van der Waals surface area contributed by atoms with Gasteiger partial charge in [-0.05, 0) is 43.4 Å². The van der Waals surface area contributed by atoms with E-state index in [2.05, 4.69) is 25.5 Å². The first-order valence-electron chi connectivity index (χ1n) is 9.74. The number of amides is 1. The number of hydrogen-bond acceptors (Lipinski definition) is 6. The minimum absolute atomic E-state index is 0.220. The van der Waals surface area contributed by atoms with Gasteiger partial charge in [0.15, 0.2) is 0 Å². The molecule has 1 aromatic carbocycles. The van der Waals surface area contributed by atoms with Crippen molar-refractivity contribution in [3.8, 4) is 5.69 Å². The van der Waals surface area contributed by atoms with Crippen molar-refractivity contribution in [1.29, 1.82) is 0 Å². The van der Waals surface area contributed by atoms with Gasteiger partial charge >= 0.3 is 0 Å². The molecule has 1 amide bonds. The van der Waals surface area contributed by atoms with Crippen LogP contribution in [0, 0.1) is 11.7 Å². The van der Waals surface area contributed by atoms with Gasteiger partial charge in [0, 0.05) is 13.1 Å². The highest BCUT2D eigenvalue weighted by molar-refractivity contribution is 6.30. The molecule has 2 atom stereocenters. The summed E-state index contributed by atoms with van der Waals surface area (Å²) in [6.07, 6.45) is 8.92. The zero-order chi connectivity index (χ0) is 20.7. The molecular formula is C20H19ClFN7O. The normalized spacial score (nSPS) is 22.5. The molecule has 0 spiro atoms. The molecule has 5 rings (SSSR count). The third-order valence-electron chi connectivity index (χ3n) is 5.96. The Morgan fingerprint density at radius 1 is 1.27 bits per heavy atom. The summed E-state index contributed by atoms with van der Waals surface area (Å²) in [5.41, 5.74) is 0.338. The van der Waals surface area contributed by atoms with E-state index in [0.717, 1.165) is 19.3 Å². The smallest absolute Gasteiger partial charge is 0.256 e. The van der Waals surface area contributed by atoms with Gasteiger partial charge < -0.3 is 10.2 Å². The third kappa shape index (κ3) is 3.28. The average Bonchev–Trinajstić information content (AvgIpc) is 3.49. The molecule has 2 aromatic heterocycles. The van der Waals surface area contributed by atoms with Crippen molar-refractivity contribution in [2.75, 3.05) is 18.4 Å². The highest BCUT2D eigenvalue weighted by Crippen LogP contribution is 2.47. The Balaban J connectivity index is 1.44. The van der Waals surface area contributed by atoms with E-state index < -0.39 is 5.82 Å². The number of nitrogens with zero attached hydrogens (tertiary/aromatic N) is 6. The molecule has 10 heteroatoms. The van der Waals surface area contributed by atoms with Gasteiger partial charge in [-0.15, -0.1) is 0 Å². The van der Waals surface area contributed by atoms with Crippen LogP contribution >= 0.6 is 11.6 Å². The molecule has 8 nitrogen and oxygen atoms in total. The fraction of sp³-hybridized carbons (Fsp3) is 0.350. The van der Waals surface area contributed by atoms with Crippen molar-refractivity contribution in [2.45, 2.75) is 24.8 Å². The first kappa shape index (κ1) is 18.9. The summed E-state index contributed by atoms with van der Waals surface area (Å²) in [4.78, 5) is 25.1. The van der Waals surface area contributed by atoms with Gasteiger partial charge in [0.05, 0.1) is 46.6 Å². The molecule has 30 heavy (non-hydrogen) atoms. The molecule has 154 valence electrons. The van der Waals surface area contributed by atoms with Crippen LogP contribution in [0.4, 0.5) is 10.3 Å². The number of carbonyl (C=O) groups excluding carboxylic acids is 1. The number of rotatable bonds is 5. The summed E-state index contributed by atoms with van der Waals surface area (Å²) in [5.74, 6) is 0.202. The second kappa shape index (κ2) is 7.32. The molecule has 1 N–H and O–H groups in total. The monoisotopic (exact) mass is 427 g/mol.